The first-order chi connectivity index (χ1) is 5.04. The average molecular weight is 356 g/mol. The molecule has 0 aromatic rings. The van der Waals surface area contributed by atoms with Crippen molar-refractivity contribution in [3.63, 3.8) is 0 Å². The summed E-state index contributed by atoms with van der Waals surface area (Å²) in [4.78, 5) is -0.135. The zero-order valence-electron chi connectivity index (χ0n) is 5.23. The van der Waals surface area contributed by atoms with Crippen molar-refractivity contribution in [2.24, 2.45) is 0 Å². The molecule has 11 heavy (non-hydrogen) atoms. The first-order valence-electron chi connectivity index (χ1n) is 2.73. The van der Waals surface area contributed by atoms with Crippen molar-refractivity contribution in [1.82, 2.24) is 13.4 Å². The highest BCUT2D eigenvalue weighted by atomic mass is 79.9. The Balaban J connectivity index is 2.63. The Morgan fingerprint density at radius 3 is 2.45 bits per heavy atom. The zero-order valence-corrected chi connectivity index (χ0v) is 9.99. The second kappa shape index (κ2) is 3.97. The molecule has 1 fully saturated rings. The van der Waals surface area contributed by atoms with Crippen LogP contribution in [0.4, 0.5) is 0 Å². The van der Waals surface area contributed by atoms with Gasteiger partial charge < -0.3 is 5.11 Å². The van der Waals surface area contributed by atoms with Crippen molar-refractivity contribution >= 4 is 48.2 Å². The smallest absolute Gasteiger partial charge is 0.148 e. The third-order valence-electron chi connectivity index (χ3n) is 1.23. The molecule has 1 aliphatic heterocycles. The summed E-state index contributed by atoms with van der Waals surface area (Å²) in [6.07, 6.45) is -0.797. The Morgan fingerprint density at radius 1 is 1.36 bits per heavy atom. The van der Waals surface area contributed by atoms with E-state index < -0.39 is 6.23 Å². The number of hydrazine groups is 2. The largest absolute Gasteiger partial charge is 0.375 e. The van der Waals surface area contributed by atoms with Crippen molar-refractivity contribution in [3.8, 4) is 0 Å². The van der Waals surface area contributed by atoms with E-state index in [4.69, 9.17) is 5.21 Å². The molecular weight excluding hydrogens is 350 g/mol. The highest BCUT2D eigenvalue weighted by Crippen LogP contribution is 2.25. The monoisotopic (exact) mass is 353 g/mol. The molecule has 0 amide bonds. The quantitative estimate of drug-likeness (QED) is 0.498. The second-order valence-corrected chi connectivity index (χ2v) is 4.73. The number of hydrogen-bond donors (Lipinski definition) is 2. The number of rotatable bonds is 0. The molecule has 0 aromatic carbocycles. The van der Waals surface area contributed by atoms with Crippen LogP contribution in [0.2, 0.25) is 0 Å². The normalized spacial score (nSPS) is 37.9. The minimum atomic E-state index is -0.797. The Labute approximate surface area is 89.2 Å². The van der Waals surface area contributed by atoms with Gasteiger partial charge in [0.25, 0.3) is 0 Å². The lowest BCUT2D eigenvalue weighted by Crippen LogP contribution is -2.57. The van der Waals surface area contributed by atoms with E-state index in [1.54, 1.807) is 0 Å². The van der Waals surface area contributed by atoms with E-state index in [1.165, 1.54) is 4.03 Å². The van der Waals surface area contributed by atoms with Gasteiger partial charge in [-0.05, 0) is 5.28 Å². The van der Waals surface area contributed by atoms with Gasteiger partial charge in [0.1, 0.15) is 6.23 Å². The van der Waals surface area contributed by atoms with Crippen LogP contribution in [0.25, 0.3) is 0 Å². The van der Waals surface area contributed by atoms with Crippen LogP contribution < -0.4 is 0 Å². The Hall–Kier alpha value is 1.24. The lowest BCUT2D eigenvalue weighted by atomic mass is 10.4. The maximum absolute atomic E-state index is 9.32. The predicted molar refractivity (Wildman–Crippen MR) is 48.7 cm³/mol. The van der Waals surface area contributed by atoms with Gasteiger partial charge in [0.05, 0.1) is 4.83 Å². The van der Waals surface area contributed by atoms with E-state index in [9.17, 15) is 5.11 Å². The van der Waals surface area contributed by atoms with E-state index in [2.05, 4.69) is 48.2 Å². The van der Waals surface area contributed by atoms with Gasteiger partial charge >= 0.3 is 0 Å². The third kappa shape index (κ3) is 2.13. The topological polar surface area (TPSA) is 50.2 Å². The van der Waals surface area contributed by atoms with Gasteiger partial charge in [0, 0.05) is 38.8 Å². The number of aliphatic hydroxyl groups excluding tert-OH is 1. The van der Waals surface area contributed by atoms with E-state index in [0.29, 0.717) is 6.54 Å². The fourth-order valence-electron chi connectivity index (χ4n) is 0.643. The minimum absolute atomic E-state index is 0.135. The van der Waals surface area contributed by atoms with E-state index in [-0.39, 0.29) is 4.83 Å². The van der Waals surface area contributed by atoms with E-state index in [1.807, 2.05) is 0 Å². The molecule has 1 heterocycles. The SMILES string of the molecule is OC1C(Br)CN(Br)N(O)N1Br. The van der Waals surface area contributed by atoms with E-state index >= 15 is 0 Å². The molecule has 1 saturated heterocycles. The average Bonchev–Trinajstić information content (AvgIpc) is 1.97. The lowest BCUT2D eigenvalue weighted by Gasteiger charge is -2.39. The molecule has 1 rings (SSSR count). The van der Waals surface area contributed by atoms with Crippen LogP contribution in [0.1, 0.15) is 0 Å². The van der Waals surface area contributed by atoms with Crippen molar-refractivity contribution in [2.75, 3.05) is 6.54 Å². The van der Waals surface area contributed by atoms with Crippen molar-refractivity contribution in [2.45, 2.75) is 11.1 Å². The molecule has 0 radical (unpaired) electrons. The van der Waals surface area contributed by atoms with Crippen LogP contribution >= 0.6 is 48.2 Å². The molecular formula is C3H6Br3N3O2. The maximum atomic E-state index is 9.32. The predicted octanol–water partition coefficient (Wildman–Crippen LogP) is 0.827. The summed E-state index contributed by atoms with van der Waals surface area (Å²) >= 11 is 9.25. The van der Waals surface area contributed by atoms with Crippen LogP contribution in [0, 0.1) is 0 Å². The van der Waals surface area contributed by atoms with Gasteiger partial charge in [0.15, 0.2) is 0 Å². The van der Waals surface area contributed by atoms with Gasteiger partial charge in [-0.15, -0.1) is 8.07 Å². The molecule has 0 aromatic heterocycles. The molecule has 8 heteroatoms. The van der Waals surface area contributed by atoms with Crippen LogP contribution in [-0.2, 0) is 0 Å². The molecule has 5 nitrogen and oxygen atoms in total. The summed E-state index contributed by atoms with van der Waals surface area (Å²) in [6.45, 7) is 0.458. The number of hydrogen-bond acceptors (Lipinski definition) is 5. The molecule has 0 aliphatic carbocycles. The van der Waals surface area contributed by atoms with Gasteiger partial charge in [0.2, 0.25) is 0 Å². The summed E-state index contributed by atoms with van der Waals surface area (Å²) in [6, 6.07) is 0. The fraction of sp³-hybridized carbons (Fsp3) is 1.00. The van der Waals surface area contributed by atoms with E-state index in [0.717, 1.165) is 9.32 Å². The first kappa shape index (κ1) is 10.3. The van der Waals surface area contributed by atoms with Gasteiger partial charge in [-0.2, -0.15) is 0 Å². The molecule has 0 bridgehead atoms. The lowest BCUT2D eigenvalue weighted by molar-refractivity contribution is -0.331. The van der Waals surface area contributed by atoms with Gasteiger partial charge in [-0.1, -0.05) is 15.9 Å². The molecule has 1 aliphatic rings. The summed E-state index contributed by atoms with van der Waals surface area (Å²) < 4.78 is 2.46. The number of halogens is 3. The number of nitrogens with zero attached hydrogens (tertiary/aromatic N) is 3. The molecule has 2 unspecified atom stereocenters. The van der Waals surface area contributed by atoms with Crippen molar-refractivity contribution in [3.05, 3.63) is 0 Å². The fourth-order valence-corrected chi connectivity index (χ4v) is 2.96. The van der Waals surface area contributed by atoms with Crippen LogP contribution in [0.3, 0.4) is 0 Å². The highest BCUT2D eigenvalue weighted by Gasteiger charge is 2.36. The molecule has 2 N–H and O–H groups in total. The Morgan fingerprint density at radius 2 is 1.91 bits per heavy atom. The Bertz CT molecular complexity index is 136. The molecule has 2 atom stereocenters. The van der Waals surface area contributed by atoms with Crippen LogP contribution in [0.15, 0.2) is 0 Å². The number of aliphatic hydroxyl groups is 1. The zero-order chi connectivity index (χ0) is 8.59. The highest BCUT2D eigenvalue weighted by molar-refractivity contribution is 9.10. The molecule has 0 spiro atoms. The van der Waals surface area contributed by atoms with Crippen molar-refractivity contribution < 1.29 is 10.3 Å². The standard InChI is InChI=1S/C3H6Br3N3O2/c4-2-1-7(5)9(11)8(6)3(2)10/h2-3,10-11H,1H2. The maximum Gasteiger partial charge on any atom is 0.148 e. The second-order valence-electron chi connectivity index (χ2n) is 2.01. The van der Waals surface area contributed by atoms with Gasteiger partial charge in [-0.25, -0.2) is 0 Å². The first-order valence-corrected chi connectivity index (χ1v) is 5.06. The third-order valence-corrected chi connectivity index (χ3v) is 3.27. The van der Waals surface area contributed by atoms with Gasteiger partial charge in [-0.3, -0.25) is 5.21 Å². The summed E-state index contributed by atoms with van der Waals surface area (Å²) in [5.41, 5.74) is 0. The molecule has 66 valence electrons. The number of alkyl halides is 1. The van der Waals surface area contributed by atoms with Crippen molar-refractivity contribution in [1.29, 1.82) is 0 Å². The summed E-state index contributed by atoms with van der Waals surface area (Å²) in [5.74, 6) is 0. The minimum Gasteiger partial charge on any atom is -0.375 e. The summed E-state index contributed by atoms with van der Waals surface area (Å²) in [7, 11) is 0. The molecule has 0 saturated carbocycles. The van der Waals surface area contributed by atoms with Crippen LogP contribution in [0.5, 0.6) is 0 Å². The van der Waals surface area contributed by atoms with Crippen LogP contribution in [-0.4, -0.2) is 41.3 Å². The summed E-state index contributed by atoms with van der Waals surface area (Å²) in [5, 5.41) is 19.2. The Kier molecular flexibility index (Phi) is 3.72.